The minimum atomic E-state index is -2.89. The number of nitrogens with one attached hydrogen (secondary N) is 1. The van der Waals surface area contributed by atoms with Gasteiger partial charge in [-0.1, -0.05) is 0 Å². The second-order valence-electron chi connectivity index (χ2n) is 7.62. The molecule has 1 atom stereocenters. The van der Waals surface area contributed by atoms with Gasteiger partial charge in [0.2, 0.25) is 11.8 Å². The summed E-state index contributed by atoms with van der Waals surface area (Å²) >= 11 is 0. The first-order valence-electron chi connectivity index (χ1n) is 9.99. The maximum absolute atomic E-state index is 12.5. The summed E-state index contributed by atoms with van der Waals surface area (Å²) in [6, 6.07) is 6.15. The van der Waals surface area contributed by atoms with Crippen LogP contribution in [0.1, 0.15) is 28.3 Å². The monoisotopic (exact) mass is 450 g/mol. The molecular weight excluding hydrogens is 434 g/mol. The molecule has 0 saturated heterocycles. The molecular formula is C21H16F2N8O2. The van der Waals surface area contributed by atoms with E-state index in [0.29, 0.717) is 28.8 Å². The average molecular weight is 450 g/mol. The summed E-state index contributed by atoms with van der Waals surface area (Å²) in [6.07, 6.45) is 5.24. The first-order valence-corrected chi connectivity index (χ1v) is 9.99. The second-order valence-corrected chi connectivity index (χ2v) is 7.62. The predicted molar refractivity (Wildman–Crippen MR) is 110 cm³/mol. The number of alkyl halides is 2. The van der Waals surface area contributed by atoms with Gasteiger partial charge in [0.15, 0.2) is 11.5 Å². The highest BCUT2D eigenvalue weighted by Gasteiger charge is 2.37. The van der Waals surface area contributed by atoms with Crippen molar-refractivity contribution in [2.24, 2.45) is 7.05 Å². The molecule has 0 fully saturated rings. The van der Waals surface area contributed by atoms with Crippen LogP contribution in [0.5, 0.6) is 17.5 Å². The molecule has 0 saturated carbocycles. The Hall–Kier alpha value is -4.35. The van der Waals surface area contributed by atoms with Gasteiger partial charge in [-0.15, -0.1) is 10.2 Å². The Labute approximate surface area is 184 Å². The first-order chi connectivity index (χ1) is 16.0. The minimum Gasteiger partial charge on any atom is -0.435 e. The second kappa shape index (κ2) is 7.08. The van der Waals surface area contributed by atoms with Crippen molar-refractivity contribution in [1.82, 2.24) is 39.6 Å². The highest BCUT2D eigenvalue weighted by molar-refractivity contribution is 5.68. The molecule has 0 aliphatic carbocycles. The van der Waals surface area contributed by atoms with E-state index in [9.17, 15) is 8.78 Å². The standard InChI is InChI=1S/C21H16F2N8O2/c1-10-14-15(12-7-25-30(2)8-12)16-18-26-17(11-3-5-13(6-4-11)32-21(22)23)29-31(18)9-24-19(16)33-20(14)28-27-10/h3-9,15,21H,1-2H3,(H,27,28)/t15-/m1/s1. The SMILES string of the molecule is Cc1[nH]nc2c1[C@@H](c1cnn(C)c1)c1c(ncn3nc(-c4ccc(OC(F)F)cc4)nc13)O2. The van der Waals surface area contributed by atoms with Crippen LogP contribution < -0.4 is 9.47 Å². The zero-order chi connectivity index (χ0) is 22.7. The smallest absolute Gasteiger partial charge is 0.387 e. The molecule has 1 aliphatic rings. The van der Waals surface area contributed by atoms with Gasteiger partial charge in [0.1, 0.15) is 12.1 Å². The summed E-state index contributed by atoms with van der Waals surface area (Å²) in [4.78, 5) is 9.19. The fourth-order valence-corrected chi connectivity index (χ4v) is 4.09. The van der Waals surface area contributed by atoms with E-state index < -0.39 is 6.61 Å². The Morgan fingerprint density at radius 1 is 1.15 bits per heavy atom. The van der Waals surface area contributed by atoms with Crippen LogP contribution >= 0.6 is 0 Å². The predicted octanol–water partition coefficient (Wildman–Crippen LogP) is 3.44. The van der Waals surface area contributed by atoms with Crippen molar-refractivity contribution in [3.05, 3.63) is 65.4 Å². The normalized spacial score (nSPS) is 14.9. The zero-order valence-electron chi connectivity index (χ0n) is 17.4. The third kappa shape index (κ3) is 3.10. The van der Waals surface area contributed by atoms with Gasteiger partial charge in [-0.05, 0) is 31.2 Å². The summed E-state index contributed by atoms with van der Waals surface area (Å²) in [6.45, 7) is -0.961. The lowest BCUT2D eigenvalue weighted by molar-refractivity contribution is -0.0498. The number of ether oxygens (including phenoxy) is 2. The topological polar surface area (TPSA) is 108 Å². The van der Waals surface area contributed by atoms with Gasteiger partial charge >= 0.3 is 6.61 Å². The van der Waals surface area contributed by atoms with Crippen LogP contribution in [0, 0.1) is 6.92 Å². The van der Waals surface area contributed by atoms with E-state index in [0.717, 1.165) is 22.4 Å². The van der Waals surface area contributed by atoms with Gasteiger partial charge in [0.05, 0.1) is 17.7 Å². The molecule has 166 valence electrons. The van der Waals surface area contributed by atoms with Gasteiger partial charge in [-0.25, -0.2) is 14.5 Å². The van der Waals surface area contributed by atoms with Crippen LogP contribution in [0.2, 0.25) is 0 Å². The number of aromatic nitrogens is 8. The molecule has 0 amide bonds. The highest BCUT2D eigenvalue weighted by atomic mass is 19.3. The lowest BCUT2D eigenvalue weighted by Crippen LogP contribution is -2.14. The largest absolute Gasteiger partial charge is 0.435 e. The first kappa shape index (κ1) is 19.3. The van der Waals surface area contributed by atoms with Crippen LogP contribution in [0.4, 0.5) is 8.78 Å². The molecule has 5 aromatic rings. The van der Waals surface area contributed by atoms with Crippen molar-refractivity contribution in [2.45, 2.75) is 19.5 Å². The average Bonchev–Trinajstić information content (AvgIpc) is 3.51. The number of rotatable bonds is 4. The molecule has 0 radical (unpaired) electrons. The van der Waals surface area contributed by atoms with Crippen molar-refractivity contribution < 1.29 is 18.3 Å². The quantitative estimate of drug-likeness (QED) is 0.438. The molecule has 1 N–H and O–H groups in total. The van der Waals surface area contributed by atoms with Crippen molar-refractivity contribution >= 4 is 5.65 Å². The number of halogens is 2. The van der Waals surface area contributed by atoms with Gasteiger partial charge in [-0.2, -0.15) is 13.9 Å². The number of benzene rings is 1. The molecule has 10 nitrogen and oxygen atoms in total. The number of fused-ring (bicyclic) bond motifs is 4. The van der Waals surface area contributed by atoms with Gasteiger partial charge in [0.25, 0.3) is 0 Å². The van der Waals surface area contributed by atoms with Crippen molar-refractivity contribution in [2.75, 3.05) is 0 Å². The van der Waals surface area contributed by atoms with Gasteiger partial charge in [-0.3, -0.25) is 9.78 Å². The van der Waals surface area contributed by atoms with E-state index in [1.807, 2.05) is 20.2 Å². The summed E-state index contributed by atoms with van der Waals surface area (Å²) < 4.78 is 38.6. The van der Waals surface area contributed by atoms with Crippen LogP contribution in [0.25, 0.3) is 17.0 Å². The Bertz CT molecular complexity index is 1490. The van der Waals surface area contributed by atoms with Crippen LogP contribution in [-0.2, 0) is 7.05 Å². The van der Waals surface area contributed by atoms with E-state index in [1.165, 1.54) is 18.5 Å². The van der Waals surface area contributed by atoms with Crippen LogP contribution in [0.15, 0.2) is 43.0 Å². The molecule has 0 spiro atoms. The Morgan fingerprint density at radius 3 is 2.70 bits per heavy atom. The van der Waals surface area contributed by atoms with Gasteiger partial charge < -0.3 is 9.47 Å². The zero-order valence-corrected chi connectivity index (χ0v) is 17.4. The molecule has 4 aromatic heterocycles. The molecule has 6 rings (SSSR count). The molecule has 1 aliphatic heterocycles. The van der Waals surface area contributed by atoms with E-state index >= 15 is 0 Å². The van der Waals surface area contributed by atoms with Crippen LogP contribution in [0.3, 0.4) is 0 Å². The van der Waals surface area contributed by atoms with E-state index in [-0.39, 0.29) is 11.7 Å². The third-order valence-corrected chi connectivity index (χ3v) is 5.51. The number of nitrogens with zero attached hydrogens (tertiary/aromatic N) is 7. The summed E-state index contributed by atoms with van der Waals surface area (Å²) in [5.74, 6) is 1.04. The van der Waals surface area contributed by atoms with Crippen molar-refractivity contribution in [1.29, 1.82) is 0 Å². The fraction of sp³-hybridized carbons (Fsp3) is 0.190. The lowest BCUT2D eigenvalue weighted by Gasteiger charge is -2.24. The molecule has 5 heterocycles. The lowest BCUT2D eigenvalue weighted by atomic mass is 9.86. The maximum atomic E-state index is 12.5. The fourth-order valence-electron chi connectivity index (χ4n) is 4.09. The van der Waals surface area contributed by atoms with Crippen LogP contribution in [-0.4, -0.2) is 46.2 Å². The summed E-state index contributed by atoms with van der Waals surface area (Å²) in [7, 11) is 1.85. The number of aromatic amines is 1. The van der Waals surface area contributed by atoms with Crippen molar-refractivity contribution in [3.63, 3.8) is 0 Å². The number of hydrogen-bond donors (Lipinski definition) is 1. The molecule has 33 heavy (non-hydrogen) atoms. The van der Waals surface area contributed by atoms with E-state index in [1.54, 1.807) is 27.5 Å². The van der Waals surface area contributed by atoms with E-state index in [4.69, 9.17) is 9.72 Å². The molecule has 1 aromatic carbocycles. The third-order valence-electron chi connectivity index (χ3n) is 5.51. The highest BCUT2D eigenvalue weighted by Crippen LogP contribution is 2.48. The Morgan fingerprint density at radius 2 is 1.97 bits per heavy atom. The number of H-pyrrole nitrogens is 1. The molecule has 0 bridgehead atoms. The molecule has 12 heteroatoms. The Balaban J connectivity index is 1.51. The minimum absolute atomic E-state index is 0.0598. The maximum Gasteiger partial charge on any atom is 0.387 e. The van der Waals surface area contributed by atoms with E-state index in [2.05, 4.69) is 30.1 Å². The summed E-state index contributed by atoms with van der Waals surface area (Å²) in [5.41, 5.74) is 4.61. The van der Waals surface area contributed by atoms with Gasteiger partial charge in [0, 0.05) is 35.6 Å². The Kier molecular flexibility index (Phi) is 4.15. The number of aryl methyl sites for hydroxylation is 2. The summed E-state index contributed by atoms with van der Waals surface area (Å²) in [5, 5.41) is 16.1. The van der Waals surface area contributed by atoms with Crippen molar-refractivity contribution in [3.8, 4) is 28.9 Å². The molecule has 0 unspecified atom stereocenters. The number of hydrogen-bond acceptors (Lipinski definition) is 7.